The number of hydrogen-bond acceptors (Lipinski definition) is 8. The van der Waals surface area contributed by atoms with E-state index in [1.807, 2.05) is 12.1 Å². The quantitative estimate of drug-likeness (QED) is 0.245. The number of thioether (sulfide) groups is 1. The molecule has 0 aliphatic carbocycles. The van der Waals surface area contributed by atoms with Gasteiger partial charge in [-0.15, -0.1) is 0 Å². The molecule has 0 atom stereocenters. The Bertz CT molecular complexity index is 1860. The average molecular weight is 589 g/mol. The van der Waals surface area contributed by atoms with Crippen LogP contribution in [0.1, 0.15) is 22.8 Å². The van der Waals surface area contributed by atoms with Gasteiger partial charge in [0.2, 0.25) is 11.3 Å². The maximum absolute atomic E-state index is 15.2. The van der Waals surface area contributed by atoms with Gasteiger partial charge in [0.05, 0.1) is 22.7 Å². The molecule has 1 fully saturated rings. The first-order valence-corrected chi connectivity index (χ1v) is 14.1. The van der Waals surface area contributed by atoms with Crippen molar-refractivity contribution in [2.45, 2.75) is 18.6 Å². The van der Waals surface area contributed by atoms with Crippen LogP contribution >= 0.6 is 11.8 Å². The first-order valence-electron chi connectivity index (χ1n) is 13.1. The van der Waals surface area contributed by atoms with Crippen molar-refractivity contribution in [3.63, 3.8) is 0 Å². The molecule has 42 heavy (non-hydrogen) atoms. The molecule has 214 valence electrons. The Hall–Kier alpha value is -4.96. The van der Waals surface area contributed by atoms with Crippen molar-refractivity contribution < 1.29 is 19.1 Å². The van der Waals surface area contributed by atoms with Crippen LogP contribution in [0.3, 0.4) is 0 Å². The number of halogens is 1. The van der Waals surface area contributed by atoms with Crippen molar-refractivity contribution in [2.24, 2.45) is 0 Å². The predicted molar refractivity (Wildman–Crippen MR) is 155 cm³/mol. The summed E-state index contributed by atoms with van der Waals surface area (Å²) in [6.45, 7) is 3.50. The summed E-state index contributed by atoms with van der Waals surface area (Å²) >= 11 is 1.06. The zero-order valence-electron chi connectivity index (χ0n) is 22.5. The third-order valence-corrected chi connectivity index (χ3v) is 7.94. The van der Waals surface area contributed by atoms with Gasteiger partial charge in [-0.05, 0) is 19.1 Å². The molecule has 0 bridgehead atoms. The molecule has 1 amide bonds. The molecular formula is C29H25FN6O5S. The predicted octanol–water partition coefficient (Wildman–Crippen LogP) is 2.92. The van der Waals surface area contributed by atoms with Gasteiger partial charge in [-0.1, -0.05) is 42.1 Å². The van der Waals surface area contributed by atoms with E-state index < -0.39 is 28.3 Å². The van der Waals surface area contributed by atoms with Gasteiger partial charge in [0, 0.05) is 49.9 Å². The topological polar surface area (TPSA) is 152 Å². The number of nitrogens with zero attached hydrogens (tertiary/aromatic N) is 5. The third kappa shape index (κ3) is 5.48. The minimum atomic E-state index is -1.37. The molecule has 13 heteroatoms. The highest BCUT2D eigenvalue weighted by Crippen LogP contribution is 2.27. The number of aromatic amines is 1. The van der Waals surface area contributed by atoms with Crippen molar-refractivity contribution >= 4 is 40.2 Å². The standard InChI is InChI=1S/C29H25FN6O5S/c1-2-34-15-20(28(40)41)26(38)18-12-21(30)23(13-22(18)34)35-8-10-36(11-9-35)24(37)16-42-29-32-25(17-6-4-3-5-7-17)19(14-31)27(39)33-29/h3-7,12-13,15H,2,8-11,16H2,1H3,(H,40,41)(H,32,33,39). The van der Waals surface area contributed by atoms with E-state index in [9.17, 15) is 29.5 Å². The molecule has 11 nitrogen and oxygen atoms in total. The fourth-order valence-electron chi connectivity index (χ4n) is 4.90. The third-order valence-electron chi connectivity index (χ3n) is 7.08. The Morgan fingerprint density at radius 3 is 2.50 bits per heavy atom. The van der Waals surface area contributed by atoms with Crippen LogP contribution in [0.5, 0.6) is 0 Å². The minimum Gasteiger partial charge on any atom is -0.477 e. The number of pyridine rings is 1. The molecule has 1 saturated heterocycles. The number of nitriles is 1. The van der Waals surface area contributed by atoms with Crippen LogP contribution in [0.2, 0.25) is 0 Å². The van der Waals surface area contributed by atoms with Crippen LogP contribution in [0.25, 0.3) is 22.2 Å². The van der Waals surface area contributed by atoms with Gasteiger partial charge < -0.3 is 24.5 Å². The molecule has 2 aromatic carbocycles. The van der Waals surface area contributed by atoms with Crippen molar-refractivity contribution in [3.8, 4) is 17.3 Å². The highest BCUT2D eigenvalue weighted by molar-refractivity contribution is 7.99. The number of H-pyrrole nitrogens is 1. The highest BCUT2D eigenvalue weighted by Gasteiger charge is 2.25. The summed E-state index contributed by atoms with van der Waals surface area (Å²) in [6, 6.07) is 13.4. The monoisotopic (exact) mass is 588 g/mol. The van der Waals surface area contributed by atoms with E-state index in [0.29, 0.717) is 43.8 Å². The lowest BCUT2D eigenvalue weighted by atomic mass is 10.1. The number of aromatic carboxylic acids is 1. The zero-order valence-corrected chi connectivity index (χ0v) is 23.3. The van der Waals surface area contributed by atoms with Crippen LogP contribution in [-0.4, -0.2) is 68.3 Å². The van der Waals surface area contributed by atoms with Crippen LogP contribution < -0.4 is 15.9 Å². The summed E-state index contributed by atoms with van der Waals surface area (Å²) < 4.78 is 16.8. The number of fused-ring (bicyclic) bond motifs is 1. The van der Waals surface area contributed by atoms with Crippen molar-refractivity contribution in [3.05, 3.63) is 86.2 Å². The molecular weight excluding hydrogens is 563 g/mol. The lowest BCUT2D eigenvalue weighted by Crippen LogP contribution is -2.49. The number of carbonyl (C=O) groups excluding carboxylic acids is 1. The fraction of sp³-hybridized carbons (Fsp3) is 0.241. The molecule has 1 aliphatic rings. The van der Waals surface area contributed by atoms with Crippen LogP contribution in [0, 0.1) is 17.1 Å². The smallest absolute Gasteiger partial charge is 0.341 e. The lowest BCUT2D eigenvalue weighted by molar-refractivity contribution is -0.128. The molecule has 2 aromatic heterocycles. The molecule has 3 heterocycles. The van der Waals surface area contributed by atoms with Crippen LogP contribution in [0.4, 0.5) is 10.1 Å². The number of carbonyl (C=O) groups is 2. The molecule has 4 aromatic rings. The normalized spacial score (nSPS) is 13.3. The summed E-state index contributed by atoms with van der Waals surface area (Å²) in [6.07, 6.45) is 1.27. The minimum absolute atomic E-state index is 0.00208. The van der Waals surface area contributed by atoms with Crippen LogP contribution in [0.15, 0.2) is 63.4 Å². The summed E-state index contributed by atoms with van der Waals surface area (Å²) in [5.74, 6) is -2.20. The van der Waals surface area contributed by atoms with Gasteiger partial charge in [-0.3, -0.25) is 14.4 Å². The summed E-state index contributed by atoms with van der Waals surface area (Å²) in [4.78, 5) is 60.0. The number of hydrogen-bond donors (Lipinski definition) is 2. The summed E-state index contributed by atoms with van der Waals surface area (Å²) in [5.41, 5.74) is -0.294. The molecule has 1 aliphatic heterocycles. The van der Waals surface area contributed by atoms with Gasteiger partial charge >= 0.3 is 5.97 Å². The van der Waals surface area contributed by atoms with Gasteiger partial charge in [0.25, 0.3) is 5.56 Å². The van der Waals surface area contributed by atoms with E-state index in [-0.39, 0.29) is 39.1 Å². The van der Waals surface area contributed by atoms with E-state index >= 15 is 4.39 Å². The average Bonchev–Trinajstić information content (AvgIpc) is 3.00. The molecule has 0 spiro atoms. The Labute approximate surface area is 242 Å². The van der Waals surface area contributed by atoms with E-state index in [4.69, 9.17) is 0 Å². The Morgan fingerprint density at radius 2 is 1.86 bits per heavy atom. The van der Waals surface area contributed by atoms with Gasteiger partial charge in [0.15, 0.2) is 5.16 Å². The molecule has 0 saturated carbocycles. The van der Waals surface area contributed by atoms with Gasteiger partial charge in [-0.2, -0.15) is 5.26 Å². The number of aryl methyl sites for hydroxylation is 1. The fourth-order valence-corrected chi connectivity index (χ4v) is 5.67. The van der Waals surface area contributed by atoms with Crippen molar-refractivity contribution in [1.29, 1.82) is 5.26 Å². The van der Waals surface area contributed by atoms with Gasteiger partial charge in [-0.25, -0.2) is 14.2 Å². The highest BCUT2D eigenvalue weighted by atomic mass is 32.2. The second kappa shape index (κ2) is 11.9. The number of carboxylic acid groups (broad SMARTS) is 1. The van der Waals surface area contributed by atoms with E-state index in [1.54, 1.807) is 51.6 Å². The Morgan fingerprint density at radius 1 is 1.14 bits per heavy atom. The number of rotatable bonds is 7. The largest absolute Gasteiger partial charge is 0.477 e. The lowest BCUT2D eigenvalue weighted by Gasteiger charge is -2.36. The summed E-state index contributed by atoms with van der Waals surface area (Å²) in [5, 5.41) is 19.0. The Kier molecular flexibility index (Phi) is 8.08. The Balaban J connectivity index is 1.28. The number of piperazine rings is 1. The molecule has 2 N–H and O–H groups in total. The zero-order chi connectivity index (χ0) is 30.0. The maximum Gasteiger partial charge on any atom is 0.341 e. The number of amides is 1. The molecule has 0 radical (unpaired) electrons. The summed E-state index contributed by atoms with van der Waals surface area (Å²) in [7, 11) is 0. The van der Waals surface area contributed by atoms with E-state index in [0.717, 1.165) is 17.8 Å². The second-order valence-corrected chi connectivity index (χ2v) is 10.5. The number of aromatic nitrogens is 3. The van der Waals surface area contributed by atoms with E-state index in [1.165, 1.54) is 6.20 Å². The molecule has 5 rings (SSSR count). The SMILES string of the molecule is CCn1cc(C(=O)O)c(=O)c2cc(F)c(N3CCN(C(=O)CSc4nc(-c5ccccc5)c(C#N)c(=O)[nH]4)CC3)cc21. The van der Waals surface area contributed by atoms with Crippen molar-refractivity contribution in [2.75, 3.05) is 36.8 Å². The first-order chi connectivity index (χ1) is 20.2. The van der Waals surface area contributed by atoms with E-state index in [2.05, 4.69) is 9.97 Å². The molecule has 0 unspecified atom stereocenters. The number of anilines is 1. The second-order valence-electron chi connectivity index (χ2n) is 9.51. The number of nitrogens with one attached hydrogen (secondary N) is 1. The van der Waals surface area contributed by atoms with Gasteiger partial charge in [0.1, 0.15) is 23.0 Å². The maximum atomic E-state index is 15.2. The number of benzene rings is 2. The van der Waals surface area contributed by atoms with Crippen LogP contribution in [-0.2, 0) is 11.3 Å². The number of carboxylic acids is 1. The van der Waals surface area contributed by atoms with Crippen molar-refractivity contribution in [1.82, 2.24) is 19.4 Å². The first kappa shape index (κ1) is 28.6.